The number of aromatic nitrogens is 1. The van der Waals surface area contributed by atoms with Crippen LogP contribution in [0, 0.1) is 6.92 Å². The third-order valence-corrected chi connectivity index (χ3v) is 4.24. The molecule has 144 valence electrons. The quantitative estimate of drug-likeness (QED) is 0.635. The van der Waals surface area contributed by atoms with Gasteiger partial charge in [0.15, 0.2) is 11.4 Å². The molecule has 0 fully saturated rings. The van der Waals surface area contributed by atoms with E-state index in [0.29, 0.717) is 33.0 Å². The van der Waals surface area contributed by atoms with E-state index in [2.05, 4.69) is 15.0 Å². The number of aromatic hydroxyl groups is 1. The highest BCUT2D eigenvalue weighted by Gasteiger charge is 2.19. The van der Waals surface area contributed by atoms with Gasteiger partial charge in [-0.15, -0.1) is 0 Å². The summed E-state index contributed by atoms with van der Waals surface area (Å²) in [6, 6.07) is 12.0. The van der Waals surface area contributed by atoms with Crippen LogP contribution in [-0.4, -0.2) is 35.6 Å². The number of methoxy groups -OCH3 is 1. The molecule has 3 rings (SSSR count). The second kappa shape index (κ2) is 8.14. The summed E-state index contributed by atoms with van der Waals surface area (Å²) < 4.78 is 10.3. The van der Waals surface area contributed by atoms with Crippen molar-refractivity contribution >= 4 is 34.2 Å². The summed E-state index contributed by atoms with van der Waals surface area (Å²) in [4.78, 5) is 27.6. The Morgan fingerprint density at radius 3 is 2.61 bits per heavy atom. The minimum Gasteiger partial charge on any atom is -0.505 e. The Bertz CT molecular complexity index is 1070. The zero-order valence-electron chi connectivity index (χ0n) is 15.2. The highest BCUT2D eigenvalue weighted by Crippen LogP contribution is 2.33. The molecule has 0 aliphatic rings. The maximum atomic E-state index is 12.2. The molecule has 0 aliphatic carbocycles. The van der Waals surface area contributed by atoms with Crippen molar-refractivity contribution in [2.24, 2.45) is 0 Å². The maximum Gasteiger partial charge on any atom is 0.325 e. The lowest BCUT2D eigenvalue weighted by Gasteiger charge is -2.12. The van der Waals surface area contributed by atoms with Gasteiger partial charge < -0.3 is 19.9 Å². The predicted molar refractivity (Wildman–Crippen MR) is 104 cm³/mol. The molecule has 0 atom stereocenters. The number of carbonyl (C=O) groups excluding carboxylic acids is 2. The third-order valence-electron chi connectivity index (χ3n) is 4.01. The number of carbonyl (C=O) groups is 2. The van der Waals surface area contributed by atoms with E-state index in [9.17, 15) is 14.7 Å². The number of benzene rings is 2. The van der Waals surface area contributed by atoms with Crippen molar-refractivity contribution in [2.45, 2.75) is 6.92 Å². The molecule has 1 amide bonds. The fourth-order valence-electron chi connectivity index (χ4n) is 2.63. The van der Waals surface area contributed by atoms with Crippen molar-refractivity contribution in [2.75, 3.05) is 13.7 Å². The van der Waals surface area contributed by atoms with Crippen molar-refractivity contribution in [3.05, 3.63) is 58.9 Å². The predicted octanol–water partition coefficient (Wildman–Crippen LogP) is 3.60. The van der Waals surface area contributed by atoms with Crippen LogP contribution in [0.4, 0.5) is 0 Å². The van der Waals surface area contributed by atoms with Crippen LogP contribution in [0.2, 0.25) is 5.02 Å². The summed E-state index contributed by atoms with van der Waals surface area (Å²) in [7, 11) is 1.22. The maximum absolute atomic E-state index is 12.2. The molecule has 7 nitrogen and oxygen atoms in total. The van der Waals surface area contributed by atoms with Crippen LogP contribution >= 0.6 is 11.6 Å². The minimum atomic E-state index is -0.674. The summed E-state index contributed by atoms with van der Waals surface area (Å²) in [5.41, 5.74) is 0.352. The molecule has 0 unspecified atom stereocenters. The summed E-state index contributed by atoms with van der Waals surface area (Å²) in [5, 5.41) is 14.5. The molecule has 0 aliphatic heterocycles. The lowest BCUT2D eigenvalue weighted by atomic mass is 10.1. The van der Waals surface area contributed by atoms with Gasteiger partial charge in [0, 0.05) is 21.5 Å². The molecule has 0 saturated carbocycles. The molecule has 3 aromatic rings. The summed E-state index contributed by atoms with van der Waals surface area (Å²) >= 11 is 5.96. The highest BCUT2D eigenvalue weighted by atomic mass is 35.5. The Kier molecular flexibility index (Phi) is 5.65. The number of ether oxygens (including phenoxy) is 2. The first-order valence-corrected chi connectivity index (χ1v) is 8.68. The molecule has 0 bridgehead atoms. The monoisotopic (exact) mass is 400 g/mol. The van der Waals surface area contributed by atoms with Crippen molar-refractivity contribution in [1.29, 1.82) is 0 Å². The number of aryl methyl sites for hydroxylation is 1. The standard InChI is InChI=1S/C20H17ClN2O5/c1-11-16-9-14(28-13-5-3-4-12(21)8-13)6-7-15(16)19(25)18(23-11)20(26)22-10-17(24)27-2/h3-9,25H,10H2,1-2H3,(H,22,26). The minimum absolute atomic E-state index is 0.169. The number of esters is 1. The molecule has 1 heterocycles. The van der Waals surface area contributed by atoms with E-state index in [0.717, 1.165) is 0 Å². The van der Waals surface area contributed by atoms with E-state index in [-0.39, 0.29) is 18.0 Å². The van der Waals surface area contributed by atoms with E-state index in [1.54, 1.807) is 49.4 Å². The number of fused-ring (bicyclic) bond motifs is 1. The van der Waals surface area contributed by atoms with Gasteiger partial charge in [0.25, 0.3) is 5.91 Å². The number of pyridine rings is 1. The van der Waals surface area contributed by atoms with Crippen LogP contribution in [-0.2, 0) is 9.53 Å². The van der Waals surface area contributed by atoms with Crippen LogP contribution < -0.4 is 10.1 Å². The van der Waals surface area contributed by atoms with Gasteiger partial charge in [-0.05, 0) is 43.3 Å². The molecule has 8 heteroatoms. The summed E-state index contributed by atoms with van der Waals surface area (Å²) in [6.07, 6.45) is 0. The molecule has 2 N–H and O–H groups in total. The highest BCUT2D eigenvalue weighted by molar-refractivity contribution is 6.30. The van der Waals surface area contributed by atoms with Gasteiger partial charge in [-0.25, -0.2) is 4.98 Å². The number of halogens is 1. The SMILES string of the molecule is COC(=O)CNC(=O)c1nc(C)c2cc(Oc3cccc(Cl)c3)ccc2c1O. The number of rotatable bonds is 5. The van der Waals surface area contributed by atoms with Gasteiger partial charge in [0.1, 0.15) is 18.0 Å². The van der Waals surface area contributed by atoms with Gasteiger partial charge in [-0.1, -0.05) is 17.7 Å². The van der Waals surface area contributed by atoms with E-state index in [1.807, 2.05) is 0 Å². The van der Waals surface area contributed by atoms with Gasteiger partial charge in [-0.2, -0.15) is 0 Å². The van der Waals surface area contributed by atoms with Crippen LogP contribution in [0.25, 0.3) is 10.8 Å². The lowest BCUT2D eigenvalue weighted by molar-refractivity contribution is -0.139. The van der Waals surface area contributed by atoms with E-state index in [1.165, 1.54) is 7.11 Å². The Hall–Kier alpha value is -3.32. The summed E-state index contributed by atoms with van der Waals surface area (Å²) in [6.45, 7) is 1.39. The number of hydrogen-bond acceptors (Lipinski definition) is 6. The normalized spacial score (nSPS) is 10.5. The fourth-order valence-corrected chi connectivity index (χ4v) is 2.81. The average molecular weight is 401 g/mol. The average Bonchev–Trinajstić information content (AvgIpc) is 2.68. The third kappa shape index (κ3) is 4.15. The molecular weight excluding hydrogens is 384 g/mol. The zero-order valence-corrected chi connectivity index (χ0v) is 15.9. The first-order valence-electron chi connectivity index (χ1n) is 8.31. The van der Waals surface area contributed by atoms with Gasteiger partial charge in [0.05, 0.1) is 7.11 Å². The van der Waals surface area contributed by atoms with Crippen LogP contribution in [0.3, 0.4) is 0 Å². The summed E-state index contributed by atoms with van der Waals surface area (Å²) in [5.74, 6) is -0.458. The van der Waals surface area contributed by atoms with E-state index < -0.39 is 11.9 Å². The lowest BCUT2D eigenvalue weighted by Crippen LogP contribution is -2.30. The first kappa shape index (κ1) is 19.4. The molecule has 28 heavy (non-hydrogen) atoms. The van der Waals surface area contributed by atoms with Gasteiger partial charge in [0.2, 0.25) is 0 Å². The van der Waals surface area contributed by atoms with Crippen LogP contribution in [0.1, 0.15) is 16.2 Å². The zero-order chi connectivity index (χ0) is 20.3. The number of nitrogens with zero attached hydrogens (tertiary/aromatic N) is 1. The molecule has 2 aromatic carbocycles. The van der Waals surface area contributed by atoms with Crippen molar-refractivity contribution in [1.82, 2.24) is 10.3 Å². The molecular formula is C20H17ClN2O5. The first-order chi connectivity index (χ1) is 13.4. The fraction of sp³-hybridized carbons (Fsp3) is 0.150. The number of hydrogen-bond donors (Lipinski definition) is 2. The van der Waals surface area contributed by atoms with Crippen molar-refractivity contribution in [3.63, 3.8) is 0 Å². The van der Waals surface area contributed by atoms with Crippen LogP contribution in [0.5, 0.6) is 17.2 Å². The van der Waals surface area contributed by atoms with E-state index >= 15 is 0 Å². The Labute approximate surface area is 165 Å². The van der Waals surface area contributed by atoms with E-state index in [4.69, 9.17) is 16.3 Å². The second-order valence-electron chi connectivity index (χ2n) is 5.92. The molecule has 1 aromatic heterocycles. The smallest absolute Gasteiger partial charge is 0.325 e. The van der Waals surface area contributed by atoms with Gasteiger partial charge in [-0.3, -0.25) is 9.59 Å². The topological polar surface area (TPSA) is 97.8 Å². The van der Waals surface area contributed by atoms with Gasteiger partial charge >= 0.3 is 5.97 Å². The largest absolute Gasteiger partial charge is 0.505 e. The number of amides is 1. The molecule has 0 spiro atoms. The van der Waals surface area contributed by atoms with Crippen molar-refractivity contribution < 1.29 is 24.2 Å². The Morgan fingerprint density at radius 1 is 1.14 bits per heavy atom. The Morgan fingerprint density at radius 2 is 1.89 bits per heavy atom. The number of nitrogens with one attached hydrogen (secondary N) is 1. The van der Waals surface area contributed by atoms with Crippen LogP contribution in [0.15, 0.2) is 42.5 Å². The Balaban J connectivity index is 1.92. The molecule has 0 radical (unpaired) electrons. The van der Waals surface area contributed by atoms with Crippen molar-refractivity contribution in [3.8, 4) is 17.2 Å². The molecule has 0 saturated heterocycles. The second-order valence-corrected chi connectivity index (χ2v) is 6.36.